The Bertz CT molecular complexity index is 542. The van der Waals surface area contributed by atoms with E-state index >= 15 is 0 Å². The first-order valence-electron chi connectivity index (χ1n) is 6.59. The van der Waals surface area contributed by atoms with Crippen LogP contribution in [0.15, 0.2) is 36.7 Å². The van der Waals surface area contributed by atoms with Crippen LogP contribution in [0.1, 0.15) is 30.9 Å². The van der Waals surface area contributed by atoms with Gasteiger partial charge >= 0.3 is 0 Å². The van der Waals surface area contributed by atoms with Crippen molar-refractivity contribution in [2.75, 3.05) is 5.32 Å². The lowest BCUT2D eigenvalue weighted by Gasteiger charge is -2.30. The van der Waals surface area contributed by atoms with Crippen LogP contribution in [0.2, 0.25) is 0 Å². The first-order chi connectivity index (χ1) is 8.74. The predicted molar refractivity (Wildman–Crippen MR) is 73.9 cm³/mol. The van der Waals surface area contributed by atoms with Gasteiger partial charge in [-0.2, -0.15) is 0 Å². The third-order valence-corrected chi connectivity index (χ3v) is 3.51. The Hall–Kier alpha value is -1.77. The molecule has 0 radical (unpaired) electrons. The Morgan fingerprint density at radius 3 is 3.00 bits per heavy atom. The Morgan fingerprint density at radius 1 is 1.39 bits per heavy atom. The van der Waals surface area contributed by atoms with Crippen molar-refractivity contribution in [1.82, 2.24) is 9.55 Å². The smallest absolute Gasteiger partial charge is 0.202 e. The molecule has 2 aromatic rings. The monoisotopic (exact) mass is 241 g/mol. The summed E-state index contributed by atoms with van der Waals surface area (Å²) in [6.07, 6.45) is 5.12. The van der Waals surface area contributed by atoms with Crippen LogP contribution in [0, 0.1) is 0 Å². The van der Waals surface area contributed by atoms with Gasteiger partial charge in [-0.15, -0.1) is 0 Å². The topological polar surface area (TPSA) is 29.9 Å². The molecule has 0 saturated carbocycles. The molecule has 3 rings (SSSR count). The molecule has 1 aliphatic carbocycles. The van der Waals surface area contributed by atoms with E-state index in [9.17, 15) is 0 Å². The van der Waals surface area contributed by atoms with E-state index in [1.807, 2.05) is 6.20 Å². The van der Waals surface area contributed by atoms with Crippen molar-refractivity contribution in [3.05, 3.63) is 47.8 Å². The van der Waals surface area contributed by atoms with Crippen molar-refractivity contribution < 1.29 is 0 Å². The van der Waals surface area contributed by atoms with Crippen LogP contribution in [0.25, 0.3) is 0 Å². The van der Waals surface area contributed by atoms with Crippen molar-refractivity contribution in [2.24, 2.45) is 0 Å². The second kappa shape index (κ2) is 4.48. The standard InChI is InChI=1S/C15H19N3/c1-11(2)17-15-16-7-8-18(15)10-13-9-12-5-3-4-6-14(12)13/h3-8,11,13H,9-10H2,1-2H3,(H,16,17). The van der Waals surface area contributed by atoms with Gasteiger partial charge in [0.25, 0.3) is 0 Å². The van der Waals surface area contributed by atoms with Crippen molar-refractivity contribution in [3.8, 4) is 0 Å². The number of benzene rings is 1. The fraction of sp³-hybridized carbons (Fsp3) is 0.400. The first kappa shape index (κ1) is 11.3. The molecule has 18 heavy (non-hydrogen) atoms. The lowest BCUT2D eigenvalue weighted by molar-refractivity contribution is 0.510. The molecule has 0 amide bonds. The molecule has 0 saturated heterocycles. The van der Waals surface area contributed by atoms with Crippen LogP contribution in [0.5, 0.6) is 0 Å². The molecule has 0 aliphatic heterocycles. The van der Waals surface area contributed by atoms with Crippen molar-refractivity contribution in [3.63, 3.8) is 0 Å². The predicted octanol–water partition coefficient (Wildman–Crippen LogP) is 3.04. The van der Waals surface area contributed by atoms with Crippen molar-refractivity contribution >= 4 is 5.95 Å². The molecular weight excluding hydrogens is 222 g/mol. The molecular formula is C15H19N3. The zero-order valence-corrected chi connectivity index (χ0v) is 10.9. The van der Waals surface area contributed by atoms with Gasteiger partial charge in [0.2, 0.25) is 5.95 Å². The number of hydrogen-bond acceptors (Lipinski definition) is 2. The van der Waals surface area contributed by atoms with Gasteiger partial charge in [-0.1, -0.05) is 24.3 Å². The van der Waals surface area contributed by atoms with Crippen LogP contribution in [0.4, 0.5) is 5.95 Å². The Balaban J connectivity index is 1.74. The average Bonchev–Trinajstić information content (AvgIpc) is 2.72. The average molecular weight is 241 g/mol. The van der Waals surface area contributed by atoms with Gasteiger partial charge in [-0.3, -0.25) is 0 Å². The minimum Gasteiger partial charge on any atom is -0.353 e. The maximum Gasteiger partial charge on any atom is 0.202 e. The molecule has 1 heterocycles. The molecule has 1 aromatic heterocycles. The van der Waals surface area contributed by atoms with E-state index in [-0.39, 0.29) is 0 Å². The van der Waals surface area contributed by atoms with E-state index in [2.05, 4.69) is 59.2 Å². The van der Waals surface area contributed by atoms with E-state index < -0.39 is 0 Å². The van der Waals surface area contributed by atoms with Gasteiger partial charge in [0.05, 0.1) is 0 Å². The van der Waals surface area contributed by atoms with Crippen LogP contribution < -0.4 is 5.32 Å². The number of nitrogens with zero attached hydrogens (tertiary/aromatic N) is 2. The third-order valence-electron chi connectivity index (χ3n) is 3.51. The highest BCUT2D eigenvalue weighted by Crippen LogP contribution is 2.36. The van der Waals surface area contributed by atoms with Crippen molar-refractivity contribution in [2.45, 2.75) is 38.8 Å². The fourth-order valence-electron chi connectivity index (χ4n) is 2.62. The summed E-state index contributed by atoms with van der Waals surface area (Å²) in [6.45, 7) is 5.29. The molecule has 1 unspecified atom stereocenters. The van der Waals surface area contributed by atoms with Gasteiger partial charge in [-0.05, 0) is 31.4 Å². The SMILES string of the molecule is CC(C)Nc1nccn1CC1Cc2ccccc21. The number of fused-ring (bicyclic) bond motifs is 1. The summed E-state index contributed by atoms with van der Waals surface area (Å²) in [5.41, 5.74) is 3.00. The summed E-state index contributed by atoms with van der Waals surface area (Å²) in [4.78, 5) is 4.38. The molecule has 0 spiro atoms. The molecule has 0 bridgehead atoms. The number of imidazole rings is 1. The number of anilines is 1. The lowest BCUT2D eigenvalue weighted by Crippen LogP contribution is -2.23. The van der Waals surface area contributed by atoms with Gasteiger partial charge in [0, 0.05) is 30.9 Å². The number of hydrogen-bond donors (Lipinski definition) is 1. The quantitative estimate of drug-likeness (QED) is 0.891. The van der Waals surface area contributed by atoms with Crippen LogP contribution >= 0.6 is 0 Å². The van der Waals surface area contributed by atoms with Gasteiger partial charge in [0.15, 0.2) is 0 Å². The molecule has 0 fully saturated rings. The second-order valence-electron chi connectivity index (χ2n) is 5.30. The largest absolute Gasteiger partial charge is 0.353 e. The minimum atomic E-state index is 0.417. The van der Waals surface area contributed by atoms with Gasteiger partial charge in [0.1, 0.15) is 0 Å². The normalized spacial score (nSPS) is 17.4. The third kappa shape index (κ3) is 2.01. The van der Waals surface area contributed by atoms with E-state index in [1.54, 1.807) is 0 Å². The maximum atomic E-state index is 4.38. The van der Waals surface area contributed by atoms with E-state index in [0.717, 1.165) is 12.5 Å². The zero-order chi connectivity index (χ0) is 12.5. The van der Waals surface area contributed by atoms with Crippen molar-refractivity contribution in [1.29, 1.82) is 0 Å². The highest BCUT2D eigenvalue weighted by molar-refractivity contribution is 5.40. The first-order valence-corrected chi connectivity index (χ1v) is 6.59. The van der Waals surface area contributed by atoms with E-state index in [4.69, 9.17) is 0 Å². The minimum absolute atomic E-state index is 0.417. The summed E-state index contributed by atoms with van der Waals surface area (Å²) >= 11 is 0. The highest BCUT2D eigenvalue weighted by atomic mass is 15.2. The van der Waals surface area contributed by atoms with E-state index in [0.29, 0.717) is 12.0 Å². The fourth-order valence-corrected chi connectivity index (χ4v) is 2.62. The van der Waals surface area contributed by atoms with Crippen LogP contribution in [-0.4, -0.2) is 15.6 Å². The summed E-state index contributed by atoms with van der Waals surface area (Å²) in [5.74, 6) is 1.62. The Labute approximate surface area is 108 Å². The summed E-state index contributed by atoms with van der Waals surface area (Å²) in [5, 5.41) is 3.38. The zero-order valence-electron chi connectivity index (χ0n) is 10.9. The molecule has 1 atom stereocenters. The lowest BCUT2D eigenvalue weighted by atomic mass is 9.77. The van der Waals surface area contributed by atoms with Crippen LogP contribution in [-0.2, 0) is 13.0 Å². The number of nitrogens with one attached hydrogen (secondary N) is 1. The number of aromatic nitrogens is 2. The van der Waals surface area contributed by atoms with E-state index in [1.165, 1.54) is 17.5 Å². The molecule has 3 nitrogen and oxygen atoms in total. The number of rotatable bonds is 4. The summed E-state index contributed by atoms with van der Waals surface area (Å²) in [6, 6.07) is 9.15. The van der Waals surface area contributed by atoms with Gasteiger partial charge in [-0.25, -0.2) is 4.98 Å². The molecule has 1 N–H and O–H groups in total. The summed E-state index contributed by atoms with van der Waals surface area (Å²) in [7, 11) is 0. The second-order valence-corrected chi connectivity index (χ2v) is 5.30. The van der Waals surface area contributed by atoms with Crippen LogP contribution in [0.3, 0.4) is 0 Å². The molecule has 94 valence electrons. The molecule has 3 heteroatoms. The molecule has 1 aliphatic rings. The Kier molecular flexibility index (Phi) is 2.82. The molecule has 1 aromatic carbocycles. The highest BCUT2D eigenvalue weighted by Gasteiger charge is 2.26. The van der Waals surface area contributed by atoms with Gasteiger partial charge < -0.3 is 9.88 Å². The Morgan fingerprint density at radius 2 is 2.22 bits per heavy atom. The maximum absolute atomic E-state index is 4.38. The summed E-state index contributed by atoms with van der Waals surface area (Å²) < 4.78 is 2.22.